The number of aromatic nitrogens is 2. The lowest BCUT2D eigenvalue weighted by molar-refractivity contribution is 1.12. The fourth-order valence-corrected chi connectivity index (χ4v) is 0.396. The molecule has 0 aliphatic heterocycles. The van der Waals surface area contributed by atoms with Gasteiger partial charge in [0.1, 0.15) is 6.07 Å². The smallest absolute Gasteiger partial charge is 0.232 e. The zero-order valence-corrected chi connectivity index (χ0v) is 4.57. The Kier molecular flexibility index (Phi) is 1.28. The third-order valence-electron chi connectivity index (χ3n) is 0.772. The molecule has 1 heterocycles. The Morgan fingerprint density at radius 2 is 2.00 bits per heavy atom. The topological polar surface area (TPSA) is 75.6 Å². The monoisotopic (exact) mass is 120 g/mol. The van der Waals surface area contributed by atoms with E-state index in [1.807, 2.05) is 0 Å². The lowest BCUT2D eigenvalue weighted by Crippen LogP contribution is -1.91. The maximum absolute atomic E-state index is 8.21. The van der Waals surface area contributed by atoms with Crippen LogP contribution >= 0.6 is 0 Å². The zero-order valence-electron chi connectivity index (χ0n) is 4.57. The van der Waals surface area contributed by atoms with Gasteiger partial charge in [0.15, 0.2) is 0 Å². The van der Waals surface area contributed by atoms with Gasteiger partial charge in [-0.25, -0.2) is 9.97 Å². The van der Waals surface area contributed by atoms with E-state index in [-0.39, 0.29) is 5.82 Å². The van der Waals surface area contributed by atoms with Gasteiger partial charge in [0, 0.05) is 0 Å². The number of anilines is 1. The van der Waals surface area contributed by atoms with Crippen LogP contribution in [0.25, 0.3) is 0 Å². The van der Waals surface area contributed by atoms with E-state index in [2.05, 4.69) is 9.97 Å². The first-order valence-electron chi connectivity index (χ1n) is 2.30. The minimum atomic E-state index is 0.143. The number of hydrogen-bond acceptors (Lipinski definition) is 4. The lowest BCUT2D eigenvalue weighted by Gasteiger charge is -1.86. The molecule has 9 heavy (non-hydrogen) atoms. The van der Waals surface area contributed by atoms with E-state index in [9.17, 15) is 0 Å². The van der Waals surface area contributed by atoms with Gasteiger partial charge in [-0.05, 0) is 0 Å². The summed E-state index contributed by atoms with van der Waals surface area (Å²) in [4.78, 5) is 7.20. The van der Waals surface area contributed by atoms with Crippen molar-refractivity contribution in [2.75, 3.05) is 5.73 Å². The lowest BCUT2D eigenvalue weighted by atomic mass is 10.5. The summed E-state index contributed by atoms with van der Waals surface area (Å²) in [5, 5.41) is 8.21. The molecule has 2 N–H and O–H groups in total. The molecule has 1 rings (SSSR count). The Morgan fingerprint density at radius 1 is 1.44 bits per heavy atom. The van der Waals surface area contributed by atoms with Gasteiger partial charge < -0.3 is 5.73 Å². The van der Waals surface area contributed by atoms with Crippen LogP contribution in [0.5, 0.6) is 0 Å². The predicted molar refractivity (Wildman–Crippen MR) is 31.2 cm³/mol. The molecule has 0 aromatic carbocycles. The van der Waals surface area contributed by atoms with Crippen LogP contribution in [0.3, 0.4) is 0 Å². The van der Waals surface area contributed by atoms with Crippen molar-refractivity contribution in [2.45, 2.75) is 0 Å². The summed E-state index contributed by atoms with van der Waals surface area (Å²) in [5.74, 6) is 0.143. The van der Waals surface area contributed by atoms with Gasteiger partial charge in [-0.1, -0.05) is 0 Å². The Balaban J connectivity index is 3.06. The highest BCUT2D eigenvalue weighted by molar-refractivity contribution is 5.31. The van der Waals surface area contributed by atoms with Gasteiger partial charge in [0.2, 0.25) is 5.82 Å². The number of nitrogens with zero attached hydrogens (tertiary/aromatic N) is 3. The van der Waals surface area contributed by atoms with E-state index in [1.54, 1.807) is 6.07 Å². The van der Waals surface area contributed by atoms with Crippen molar-refractivity contribution in [3.63, 3.8) is 0 Å². The van der Waals surface area contributed by atoms with Crippen molar-refractivity contribution in [1.29, 1.82) is 5.26 Å². The second kappa shape index (κ2) is 2.09. The minimum absolute atomic E-state index is 0.143. The molecule has 1 aromatic heterocycles. The molecule has 0 atom stereocenters. The Morgan fingerprint density at radius 3 is 2.44 bits per heavy atom. The number of nitrogens with two attached hydrogens (primary N) is 1. The average molecular weight is 120 g/mol. The molecule has 4 heteroatoms. The largest absolute Gasteiger partial charge is 0.396 e. The number of nitrogen functional groups attached to an aromatic ring is 1. The molecule has 0 unspecified atom stereocenters. The molecule has 0 radical (unpaired) electrons. The van der Waals surface area contributed by atoms with Crippen molar-refractivity contribution in [2.24, 2.45) is 0 Å². The Hall–Kier alpha value is -1.63. The highest BCUT2D eigenvalue weighted by atomic mass is 14.9. The second-order valence-electron chi connectivity index (χ2n) is 1.45. The number of rotatable bonds is 0. The second-order valence-corrected chi connectivity index (χ2v) is 1.45. The highest BCUT2D eigenvalue weighted by Gasteiger charge is 1.88. The molecular formula is C5H4N4. The maximum atomic E-state index is 8.21. The van der Waals surface area contributed by atoms with Crippen LogP contribution < -0.4 is 5.73 Å². The third-order valence-corrected chi connectivity index (χ3v) is 0.772. The van der Waals surface area contributed by atoms with Crippen LogP contribution in [0.15, 0.2) is 12.4 Å². The molecule has 0 amide bonds. The summed E-state index contributed by atoms with van der Waals surface area (Å²) in [6, 6.07) is 1.78. The molecule has 0 saturated carbocycles. The summed E-state index contributed by atoms with van der Waals surface area (Å²) in [6.45, 7) is 0. The van der Waals surface area contributed by atoms with Crippen molar-refractivity contribution < 1.29 is 0 Å². The van der Waals surface area contributed by atoms with E-state index in [0.717, 1.165) is 0 Å². The predicted octanol–water partition coefficient (Wildman–Crippen LogP) is -0.0695. The quantitative estimate of drug-likeness (QED) is 0.520. The molecule has 44 valence electrons. The van der Waals surface area contributed by atoms with Crippen molar-refractivity contribution >= 4 is 5.69 Å². The highest BCUT2D eigenvalue weighted by Crippen LogP contribution is 1.93. The SMILES string of the molecule is N#Cc1ncc(N)cn1. The summed E-state index contributed by atoms with van der Waals surface area (Å²) in [6.07, 6.45) is 2.79. The first-order chi connectivity index (χ1) is 4.33. The summed E-state index contributed by atoms with van der Waals surface area (Å²) >= 11 is 0. The summed E-state index contributed by atoms with van der Waals surface area (Å²) in [7, 11) is 0. The van der Waals surface area contributed by atoms with Crippen LogP contribution in [0.1, 0.15) is 5.82 Å². The van der Waals surface area contributed by atoms with Gasteiger partial charge in [-0.15, -0.1) is 0 Å². The third kappa shape index (κ3) is 1.13. The van der Waals surface area contributed by atoms with Gasteiger partial charge in [0.25, 0.3) is 0 Å². The van der Waals surface area contributed by atoms with E-state index in [4.69, 9.17) is 11.0 Å². The molecule has 0 aliphatic carbocycles. The van der Waals surface area contributed by atoms with Crippen LogP contribution in [-0.2, 0) is 0 Å². The standard InChI is InChI=1S/C5H4N4/c6-1-5-8-2-4(7)3-9-5/h2-3H,7H2. The Bertz CT molecular complexity index is 232. The van der Waals surface area contributed by atoms with Crippen LogP contribution in [0, 0.1) is 11.3 Å². The van der Waals surface area contributed by atoms with Crippen molar-refractivity contribution in [3.8, 4) is 6.07 Å². The summed E-state index contributed by atoms with van der Waals surface area (Å²) < 4.78 is 0. The van der Waals surface area contributed by atoms with Crippen LogP contribution in [0.4, 0.5) is 5.69 Å². The normalized spacial score (nSPS) is 8.33. The van der Waals surface area contributed by atoms with Gasteiger partial charge in [0.05, 0.1) is 18.1 Å². The van der Waals surface area contributed by atoms with Crippen LogP contribution in [0.2, 0.25) is 0 Å². The average Bonchev–Trinajstić information content (AvgIpc) is 1.90. The van der Waals surface area contributed by atoms with E-state index < -0.39 is 0 Å². The van der Waals surface area contributed by atoms with Gasteiger partial charge in [-0.3, -0.25) is 0 Å². The van der Waals surface area contributed by atoms with Crippen LogP contribution in [-0.4, -0.2) is 9.97 Å². The molecular weight excluding hydrogens is 116 g/mol. The van der Waals surface area contributed by atoms with Crippen molar-refractivity contribution in [1.82, 2.24) is 9.97 Å². The number of nitriles is 1. The van der Waals surface area contributed by atoms with Crippen molar-refractivity contribution in [3.05, 3.63) is 18.2 Å². The van der Waals surface area contributed by atoms with E-state index in [0.29, 0.717) is 5.69 Å². The first-order valence-corrected chi connectivity index (χ1v) is 2.30. The van der Waals surface area contributed by atoms with E-state index >= 15 is 0 Å². The molecule has 4 nitrogen and oxygen atoms in total. The number of hydrogen-bond donors (Lipinski definition) is 1. The fourth-order valence-electron chi connectivity index (χ4n) is 0.396. The molecule has 0 spiro atoms. The molecule has 0 fully saturated rings. The molecule has 1 aromatic rings. The zero-order chi connectivity index (χ0) is 6.69. The molecule has 0 saturated heterocycles. The fraction of sp³-hybridized carbons (Fsp3) is 0. The summed E-state index contributed by atoms with van der Waals surface area (Å²) in [5.41, 5.74) is 5.71. The van der Waals surface area contributed by atoms with Gasteiger partial charge >= 0.3 is 0 Å². The molecule has 0 aliphatic rings. The first kappa shape index (κ1) is 5.51. The van der Waals surface area contributed by atoms with Gasteiger partial charge in [-0.2, -0.15) is 5.26 Å². The maximum Gasteiger partial charge on any atom is 0.232 e. The minimum Gasteiger partial charge on any atom is -0.396 e. The van der Waals surface area contributed by atoms with E-state index in [1.165, 1.54) is 12.4 Å². The Labute approximate surface area is 52.0 Å². The molecule has 0 bridgehead atoms.